The average molecular weight is 426 g/mol. The van der Waals surface area contributed by atoms with Crippen LogP contribution >= 0.6 is 0 Å². The molecular formula is C20H20F2N8O. The Morgan fingerprint density at radius 2 is 2.10 bits per heavy atom. The number of hydrogen-bond acceptors (Lipinski definition) is 6. The fraction of sp³-hybridized carbons (Fsp3) is 0.350. The molecule has 1 atom stereocenters. The summed E-state index contributed by atoms with van der Waals surface area (Å²) < 4.78 is 29.2. The quantitative estimate of drug-likeness (QED) is 0.539. The smallest absolute Gasteiger partial charge is 0.281 e. The Morgan fingerprint density at radius 3 is 2.87 bits per heavy atom. The first kappa shape index (κ1) is 19.3. The molecule has 0 aromatic carbocycles. The number of aryl methyl sites for hydroxylation is 1. The molecule has 0 saturated carbocycles. The third kappa shape index (κ3) is 3.56. The van der Waals surface area contributed by atoms with E-state index in [1.807, 2.05) is 6.07 Å². The summed E-state index contributed by atoms with van der Waals surface area (Å²) in [6.07, 6.45) is 5.04. The zero-order valence-corrected chi connectivity index (χ0v) is 16.7. The number of rotatable bonds is 4. The molecule has 1 aliphatic rings. The van der Waals surface area contributed by atoms with Crippen molar-refractivity contribution < 1.29 is 8.78 Å². The first-order valence-electron chi connectivity index (χ1n) is 9.95. The normalized spacial score (nSPS) is 17.0. The summed E-state index contributed by atoms with van der Waals surface area (Å²) in [6.45, 7) is 1.54. The van der Waals surface area contributed by atoms with Crippen molar-refractivity contribution >= 4 is 11.5 Å². The highest BCUT2D eigenvalue weighted by Gasteiger charge is 2.24. The van der Waals surface area contributed by atoms with Crippen LogP contribution in [0.1, 0.15) is 36.6 Å². The molecule has 1 saturated heterocycles. The van der Waals surface area contributed by atoms with Gasteiger partial charge in [-0.15, -0.1) is 0 Å². The number of hydrogen-bond donors (Lipinski definition) is 1. The summed E-state index contributed by atoms with van der Waals surface area (Å²) in [4.78, 5) is 31.0. The molecule has 11 heteroatoms. The van der Waals surface area contributed by atoms with Gasteiger partial charge in [-0.25, -0.2) is 28.7 Å². The van der Waals surface area contributed by atoms with Crippen LogP contribution in [0.4, 0.5) is 14.6 Å². The second kappa shape index (κ2) is 7.56. The van der Waals surface area contributed by atoms with Crippen LogP contribution < -0.4 is 10.5 Å². The van der Waals surface area contributed by atoms with Gasteiger partial charge in [0.05, 0.1) is 12.4 Å². The van der Waals surface area contributed by atoms with E-state index in [4.69, 9.17) is 0 Å². The molecule has 31 heavy (non-hydrogen) atoms. The van der Waals surface area contributed by atoms with E-state index in [1.54, 1.807) is 25.5 Å². The number of anilines is 1. The van der Waals surface area contributed by atoms with Gasteiger partial charge >= 0.3 is 0 Å². The van der Waals surface area contributed by atoms with Crippen LogP contribution in [0, 0.1) is 0 Å². The van der Waals surface area contributed by atoms with Crippen molar-refractivity contribution in [2.45, 2.75) is 25.2 Å². The van der Waals surface area contributed by atoms with Crippen molar-refractivity contribution in [3.05, 3.63) is 58.7 Å². The zero-order chi connectivity index (χ0) is 21.5. The van der Waals surface area contributed by atoms with Crippen molar-refractivity contribution in [1.82, 2.24) is 34.1 Å². The van der Waals surface area contributed by atoms with E-state index in [1.165, 1.54) is 21.5 Å². The molecule has 5 rings (SSSR count). The number of alkyl halides is 2. The molecule has 1 fully saturated rings. The second-order valence-corrected chi connectivity index (χ2v) is 7.62. The lowest BCUT2D eigenvalue weighted by Gasteiger charge is -2.33. The van der Waals surface area contributed by atoms with E-state index in [0.717, 1.165) is 30.9 Å². The number of nitrogens with zero attached hydrogens (tertiary/aromatic N) is 7. The largest absolute Gasteiger partial charge is 0.356 e. The molecule has 9 nitrogen and oxygen atoms in total. The minimum atomic E-state index is -2.68. The van der Waals surface area contributed by atoms with Gasteiger partial charge in [0, 0.05) is 50.2 Å². The lowest BCUT2D eigenvalue weighted by molar-refractivity contribution is 0.145. The highest BCUT2D eigenvalue weighted by molar-refractivity contribution is 5.58. The number of aromatic amines is 1. The van der Waals surface area contributed by atoms with Gasteiger partial charge in [0.25, 0.3) is 12.0 Å². The Balaban J connectivity index is 1.46. The predicted octanol–water partition coefficient (Wildman–Crippen LogP) is 2.53. The van der Waals surface area contributed by atoms with Gasteiger partial charge in [-0.2, -0.15) is 0 Å². The summed E-state index contributed by atoms with van der Waals surface area (Å²) in [7, 11) is 1.70. The Bertz CT molecular complexity index is 1290. The van der Waals surface area contributed by atoms with Gasteiger partial charge in [0.15, 0.2) is 11.5 Å². The first-order valence-corrected chi connectivity index (χ1v) is 9.95. The van der Waals surface area contributed by atoms with E-state index >= 15 is 0 Å². The maximum Gasteiger partial charge on any atom is 0.281 e. The number of imidazole rings is 1. The zero-order valence-electron chi connectivity index (χ0n) is 16.7. The topological polar surface area (TPSA) is 97.0 Å². The molecule has 4 aromatic heterocycles. The van der Waals surface area contributed by atoms with E-state index in [9.17, 15) is 13.6 Å². The van der Waals surface area contributed by atoms with Crippen LogP contribution in [-0.2, 0) is 7.05 Å². The lowest BCUT2D eigenvalue weighted by atomic mass is 9.95. The molecule has 0 aliphatic carbocycles. The van der Waals surface area contributed by atoms with Crippen LogP contribution in [0.2, 0.25) is 0 Å². The lowest BCUT2D eigenvalue weighted by Crippen LogP contribution is -2.35. The van der Waals surface area contributed by atoms with E-state index in [0.29, 0.717) is 23.7 Å². The minimum absolute atomic E-state index is 0.0540. The highest BCUT2D eigenvalue weighted by atomic mass is 19.3. The summed E-state index contributed by atoms with van der Waals surface area (Å²) in [5, 5.41) is 3.12. The standard InChI is InChI=1S/C20H20F2N8O/c1-28-18(31)7-13(27-28)12-3-2-6-29(10-12)16-4-5-23-20(26-16)15-8-25-17-9-24-14(19(21)22)11-30(15)17/h4-5,7-9,11-12,19,27H,2-3,6,10H2,1H3. The van der Waals surface area contributed by atoms with Gasteiger partial charge in [-0.05, 0) is 18.9 Å². The molecule has 0 spiro atoms. The Labute approximate surface area is 175 Å². The minimum Gasteiger partial charge on any atom is -0.356 e. The fourth-order valence-corrected chi connectivity index (χ4v) is 3.99. The summed E-state index contributed by atoms with van der Waals surface area (Å²) in [5.41, 5.74) is 1.49. The number of nitrogens with one attached hydrogen (secondary N) is 1. The Morgan fingerprint density at radius 1 is 1.23 bits per heavy atom. The number of H-pyrrole nitrogens is 1. The Kier molecular flexibility index (Phi) is 4.72. The summed E-state index contributed by atoms with van der Waals surface area (Å²) in [6, 6.07) is 3.47. The maximum atomic E-state index is 13.1. The number of piperidine rings is 1. The van der Waals surface area contributed by atoms with Gasteiger partial charge in [-0.3, -0.25) is 19.0 Å². The van der Waals surface area contributed by atoms with Gasteiger partial charge < -0.3 is 4.90 Å². The van der Waals surface area contributed by atoms with Crippen molar-refractivity contribution in [2.24, 2.45) is 7.05 Å². The van der Waals surface area contributed by atoms with E-state index in [2.05, 4.69) is 29.9 Å². The second-order valence-electron chi connectivity index (χ2n) is 7.62. The van der Waals surface area contributed by atoms with Crippen LogP contribution in [0.15, 0.2) is 41.7 Å². The molecule has 0 amide bonds. The maximum absolute atomic E-state index is 13.1. The highest BCUT2D eigenvalue weighted by Crippen LogP contribution is 2.29. The molecular weight excluding hydrogens is 406 g/mol. The monoisotopic (exact) mass is 426 g/mol. The van der Waals surface area contributed by atoms with Crippen molar-refractivity contribution in [1.29, 1.82) is 0 Å². The van der Waals surface area contributed by atoms with E-state index < -0.39 is 6.43 Å². The van der Waals surface area contributed by atoms with Gasteiger partial charge in [-0.1, -0.05) is 0 Å². The molecule has 0 radical (unpaired) electrons. The van der Waals surface area contributed by atoms with Crippen LogP contribution in [-0.4, -0.2) is 47.2 Å². The molecule has 1 unspecified atom stereocenters. The van der Waals surface area contributed by atoms with Crippen LogP contribution in [0.25, 0.3) is 17.2 Å². The SMILES string of the molecule is Cn1[nH]c(C2CCCN(c3ccnc(-c4cnc5cnc(C(F)F)cn45)n3)C2)cc1=O. The average Bonchev–Trinajstić information content (AvgIpc) is 3.36. The van der Waals surface area contributed by atoms with Crippen molar-refractivity contribution in [3.8, 4) is 11.5 Å². The number of aromatic nitrogens is 7. The number of halogens is 2. The molecule has 160 valence electrons. The molecule has 1 aliphatic heterocycles. The van der Waals surface area contributed by atoms with Crippen LogP contribution in [0.3, 0.4) is 0 Å². The summed E-state index contributed by atoms with van der Waals surface area (Å²) in [5.74, 6) is 1.33. The van der Waals surface area contributed by atoms with Crippen molar-refractivity contribution in [2.75, 3.05) is 18.0 Å². The molecule has 1 N–H and O–H groups in total. The third-order valence-electron chi connectivity index (χ3n) is 5.60. The third-order valence-corrected chi connectivity index (χ3v) is 5.60. The molecule has 0 bridgehead atoms. The van der Waals surface area contributed by atoms with Gasteiger partial charge in [0.1, 0.15) is 17.2 Å². The number of fused-ring (bicyclic) bond motifs is 1. The molecule has 4 aromatic rings. The molecule has 5 heterocycles. The first-order chi connectivity index (χ1) is 15.0. The predicted molar refractivity (Wildman–Crippen MR) is 109 cm³/mol. The van der Waals surface area contributed by atoms with Crippen molar-refractivity contribution in [3.63, 3.8) is 0 Å². The fourth-order valence-electron chi connectivity index (χ4n) is 3.99. The van der Waals surface area contributed by atoms with E-state index in [-0.39, 0.29) is 17.2 Å². The van der Waals surface area contributed by atoms with Crippen LogP contribution in [0.5, 0.6) is 0 Å². The Hall–Kier alpha value is -3.63. The summed E-state index contributed by atoms with van der Waals surface area (Å²) >= 11 is 0. The van der Waals surface area contributed by atoms with Gasteiger partial charge in [0.2, 0.25) is 0 Å².